The summed E-state index contributed by atoms with van der Waals surface area (Å²) >= 11 is 0. The number of ether oxygens (including phenoxy) is 2. The van der Waals surface area contributed by atoms with Crippen molar-refractivity contribution in [1.29, 1.82) is 0 Å². The Balaban J connectivity index is 4.43. The van der Waals surface area contributed by atoms with Crippen molar-refractivity contribution in [2.45, 2.75) is 180 Å². The van der Waals surface area contributed by atoms with Crippen LogP contribution in [0.5, 0.6) is 0 Å². The van der Waals surface area contributed by atoms with Crippen molar-refractivity contribution in [1.82, 2.24) is 0 Å². The van der Waals surface area contributed by atoms with Gasteiger partial charge in [-0.2, -0.15) is 0 Å². The van der Waals surface area contributed by atoms with E-state index in [1.54, 1.807) is 0 Å². The highest BCUT2D eigenvalue weighted by Crippen LogP contribution is 2.43. The van der Waals surface area contributed by atoms with Gasteiger partial charge in [-0.25, -0.2) is 4.57 Å². The number of nitrogens with two attached hydrogens (primary N) is 1. The molecule has 1 unspecified atom stereocenters. The van der Waals surface area contributed by atoms with Crippen LogP contribution in [0.1, 0.15) is 168 Å². The lowest BCUT2D eigenvalue weighted by molar-refractivity contribution is -0.161. The summed E-state index contributed by atoms with van der Waals surface area (Å²) < 4.78 is 32.6. The average molecular weight is 784 g/mol. The van der Waals surface area contributed by atoms with Crippen LogP contribution in [0.4, 0.5) is 0 Å². The molecule has 0 saturated heterocycles. The van der Waals surface area contributed by atoms with Crippen LogP contribution < -0.4 is 5.73 Å². The molecule has 0 aliphatic heterocycles. The summed E-state index contributed by atoms with van der Waals surface area (Å²) in [7, 11) is -4.72. The Labute approximate surface area is 326 Å². The second kappa shape index (κ2) is 37.4. The minimum Gasteiger partial charge on any atom is -0.480 e. The molecule has 0 bridgehead atoms. The van der Waals surface area contributed by atoms with Gasteiger partial charge in [0, 0.05) is 12.8 Å². The Morgan fingerprint density at radius 3 is 1.57 bits per heavy atom. The molecule has 11 nitrogen and oxygen atoms in total. The van der Waals surface area contributed by atoms with Gasteiger partial charge in [0.1, 0.15) is 12.6 Å². The molecule has 4 N–H and O–H groups in total. The quantitative estimate of drug-likeness (QED) is 0.0235. The highest BCUT2D eigenvalue weighted by atomic mass is 31.2. The molecular formula is C42H74NO10P. The number of phosphoric ester groups is 1. The molecule has 0 aromatic carbocycles. The summed E-state index contributed by atoms with van der Waals surface area (Å²) in [6, 6.07) is -1.53. The summed E-state index contributed by atoms with van der Waals surface area (Å²) in [5.74, 6) is -2.41. The van der Waals surface area contributed by atoms with Crippen molar-refractivity contribution in [2.75, 3.05) is 19.8 Å². The second-order valence-corrected chi connectivity index (χ2v) is 15.2. The van der Waals surface area contributed by atoms with E-state index >= 15 is 0 Å². The van der Waals surface area contributed by atoms with Crippen LogP contribution in [0.3, 0.4) is 0 Å². The molecular weight excluding hydrogens is 709 g/mol. The molecule has 54 heavy (non-hydrogen) atoms. The van der Waals surface area contributed by atoms with Crippen molar-refractivity contribution in [3.63, 3.8) is 0 Å². The maximum absolute atomic E-state index is 12.6. The first-order chi connectivity index (χ1) is 26.1. The van der Waals surface area contributed by atoms with Gasteiger partial charge in [-0.05, 0) is 70.6 Å². The smallest absolute Gasteiger partial charge is 0.472 e. The summed E-state index contributed by atoms with van der Waals surface area (Å²) in [6.45, 7) is 2.64. The molecule has 0 aliphatic rings. The molecule has 0 aromatic rings. The van der Waals surface area contributed by atoms with E-state index in [2.05, 4.69) is 67.0 Å². The maximum Gasteiger partial charge on any atom is 0.472 e. The fourth-order valence-corrected chi connectivity index (χ4v) is 6.09. The topological polar surface area (TPSA) is 172 Å². The second-order valence-electron chi connectivity index (χ2n) is 13.7. The number of carbonyl (C=O) groups excluding carboxylic acids is 2. The predicted octanol–water partition coefficient (Wildman–Crippen LogP) is 10.6. The number of unbranched alkanes of at least 4 members (excludes halogenated alkanes) is 16. The normalized spacial score (nSPS) is 14.3. The summed E-state index contributed by atoms with van der Waals surface area (Å²) in [6.07, 6.45) is 40.3. The Hall–Kier alpha value is -2.56. The van der Waals surface area contributed by atoms with Crippen LogP contribution in [-0.4, -0.2) is 59.9 Å². The van der Waals surface area contributed by atoms with E-state index in [0.717, 1.165) is 77.0 Å². The molecule has 0 heterocycles. The lowest BCUT2D eigenvalue weighted by atomic mass is 10.1. The van der Waals surface area contributed by atoms with E-state index in [4.69, 9.17) is 24.8 Å². The van der Waals surface area contributed by atoms with Crippen LogP contribution >= 0.6 is 7.82 Å². The van der Waals surface area contributed by atoms with Crippen molar-refractivity contribution < 1.29 is 47.5 Å². The number of esters is 2. The summed E-state index contributed by atoms with van der Waals surface area (Å²) in [5, 5.41) is 8.87. The number of aliphatic carboxylic acids is 1. The number of carboxylic acid groups (broad SMARTS) is 1. The molecule has 0 radical (unpaired) electrons. The SMILES string of the molecule is CC/C=C\C/C=C\C/C=C\CCCCCCCC(=O)O[C@H](COC(=O)CCCCCCCCC/C=C\CCCCCC)COP(=O)(O)OC[C@H](N)C(=O)O. The molecule has 0 saturated carbocycles. The van der Waals surface area contributed by atoms with Crippen molar-refractivity contribution in [3.8, 4) is 0 Å². The number of phosphoric acid groups is 1. The molecule has 0 rings (SSSR count). The van der Waals surface area contributed by atoms with Gasteiger partial charge in [0.2, 0.25) is 0 Å². The number of carbonyl (C=O) groups is 3. The van der Waals surface area contributed by atoms with Crippen LogP contribution in [0.15, 0.2) is 48.6 Å². The zero-order valence-corrected chi connectivity index (χ0v) is 34.4. The van der Waals surface area contributed by atoms with E-state index in [1.165, 1.54) is 51.4 Å². The Morgan fingerprint density at radius 2 is 1.04 bits per heavy atom. The van der Waals surface area contributed by atoms with E-state index in [-0.39, 0.29) is 19.4 Å². The van der Waals surface area contributed by atoms with Gasteiger partial charge in [0.15, 0.2) is 6.10 Å². The van der Waals surface area contributed by atoms with E-state index in [9.17, 15) is 23.8 Å². The minimum atomic E-state index is -4.72. The molecule has 12 heteroatoms. The van der Waals surface area contributed by atoms with Crippen LogP contribution in [0, 0.1) is 0 Å². The molecule has 0 aromatic heterocycles. The third-order valence-corrected chi connectivity index (χ3v) is 9.51. The van der Waals surface area contributed by atoms with E-state index < -0.39 is 51.1 Å². The van der Waals surface area contributed by atoms with Crippen LogP contribution in [0.2, 0.25) is 0 Å². The van der Waals surface area contributed by atoms with E-state index in [1.807, 2.05) is 0 Å². The van der Waals surface area contributed by atoms with Gasteiger partial charge >= 0.3 is 25.7 Å². The fraction of sp³-hybridized carbons (Fsp3) is 0.738. The maximum atomic E-state index is 12.6. The van der Waals surface area contributed by atoms with Gasteiger partial charge in [-0.1, -0.05) is 133 Å². The lowest BCUT2D eigenvalue weighted by Gasteiger charge is -2.20. The highest BCUT2D eigenvalue weighted by Gasteiger charge is 2.28. The summed E-state index contributed by atoms with van der Waals surface area (Å²) in [4.78, 5) is 45.9. The minimum absolute atomic E-state index is 0.140. The van der Waals surface area contributed by atoms with Crippen molar-refractivity contribution in [2.24, 2.45) is 5.73 Å². The molecule has 312 valence electrons. The first kappa shape index (κ1) is 51.4. The molecule has 3 atom stereocenters. The zero-order valence-electron chi connectivity index (χ0n) is 33.6. The van der Waals surface area contributed by atoms with Crippen LogP contribution in [0.25, 0.3) is 0 Å². The largest absolute Gasteiger partial charge is 0.480 e. The Bertz CT molecular complexity index is 1110. The summed E-state index contributed by atoms with van der Waals surface area (Å²) in [5.41, 5.74) is 5.32. The first-order valence-corrected chi connectivity index (χ1v) is 22.2. The number of hydrogen-bond donors (Lipinski definition) is 3. The lowest BCUT2D eigenvalue weighted by Crippen LogP contribution is -2.34. The van der Waals surface area contributed by atoms with Crippen molar-refractivity contribution >= 4 is 25.7 Å². The Morgan fingerprint density at radius 1 is 0.593 bits per heavy atom. The van der Waals surface area contributed by atoms with Gasteiger partial charge in [-0.15, -0.1) is 0 Å². The Kier molecular flexibility index (Phi) is 35.6. The third-order valence-electron chi connectivity index (χ3n) is 8.56. The number of hydrogen-bond acceptors (Lipinski definition) is 9. The monoisotopic (exact) mass is 784 g/mol. The standard InChI is InChI=1S/C42H74NO10P/c1-3-5-7-9-11-13-15-17-19-21-23-25-27-29-31-33-40(44)50-35-38(36-51-54(48,49)52-37-39(43)42(46)47)53-41(45)34-32-30-28-26-24-22-20-18-16-14-12-10-8-6-4-2/h6,8,12-15,18,20,38-39H,3-5,7,9-11,16-17,19,21-37,43H2,1-2H3,(H,46,47)(H,48,49)/b8-6-,14-12-,15-13-,20-18-/t38-,39+/m1/s1. The highest BCUT2D eigenvalue weighted by molar-refractivity contribution is 7.47. The molecule has 0 aliphatic carbocycles. The molecule has 0 fully saturated rings. The third kappa shape index (κ3) is 36.4. The average Bonchev–Trinajstić information content (AvgIpc) is 3.14. The first-order valence-electron chi connectivity index (χ1n) is 20.7. The molecule has 0 spiro atoms. The molecule has 0 amide bonds. The van der Waals surface area contributed by atoms with E-state index in [0.29, 0.717) is 12.8 Å². The van der Waals surface area contributed by atoms with Gasteiger partial charge in [0.25, 0.3) is 0 Å². The van der Waals surface area contributed by atoms with Gasteiger partial charge in [0.05, 0.1) is 13.2 Å². The van der Waals surface area contributed by atoms with Crippen LogP contribution in [-0.2, 0) is 37.5 Å². The van der Waals surface area contributed by atoms with Crippen molar-refractivity contribution in [3.05, 3.63) is 48.6 Å². The van der Waals surface area contributed by atoms with Gasteiger partial charge < -0.3 is 25.2 Å². The fourth-order valence-electron chi connectivity index (χ4n) is 5.31. The number of carboxylic acids is 1. The van der Waals surface area contributed by atoms with Gasteiger partial charge in [-0.3, -0.25) is 23.4 Å². The number of rotatable bonds is 38. The predicted molar refractivity (Wildman–Crippen MR) is 217 cm³/mol. The zero-order chi connectivity index (χ0) is 40.0. The number of allylic oxidation sites excluding steroid dienone is 8.